The van der Waals surface area contributed by atoms with E-state index in [9.17, 15) is 8.42 Å². The van der Waals surface area contributed by atoms with Crippen LogP contribution in [0.5, 0.6) is 11.5 Å². The topological polar surface area (TPSA) is 134 Å². The maximum absolute atomic E-state index is 12.8. The molecule has 2 aromatic carbocycles. The van der Waals surface area contributed by atoms with E-state index in [4.69, 9.17) is 29.3 Å². The van der Waals surface area contributed by atoms with E-state index >= 15 is 0 Å². The van der Waals surface area contributed by atoms with Gasteiger partial charge in [0.25, 0.3) is 0 Å². The molecule has 33 heavy (non-hydrogen) atoms. The monoisotopic (exact) mass is 544 g/mol. The predicted molar refractivity (Wildman–Crippen MR) is 123 cm³/mol. The van der Waals surface area contributed by atoms with Crippen LogP contribution in [0, 0.1) is 0 Å². The minimum Gasteiger partial charge on any atom is -0.497 e. The Balaban J connectivity index is 0.000000569. The van der Waals surface area contributed by atoms with E-state index in [1.165, 1.54) is 0 Å². The summed E-state index contributed by atoms with van der Waals surface area (Å²) >= 11 is 3.50. The maximum atomic E-state index is 12.8. The van der Waals surface area contributed by atoms with Crippen LogP contribution in [0.4, 0.5) is 0 Å². The van der Waals surface area contributed by atoms with Crippen LogP contribution >= 0.6 is 15.9 Å². The standard InChI is InChI=1S/C19H23BrN2O4S.C2H2O4/c1-25-16-4-6-17(7-5-16)27(23,24)22-11-9-21(10-12-22)14-15-3-8-19(26-2)18(20)13-15;3-1(4)2(5)6/h3-8,13H,9-12,14H2,1-2H3;(H,3,4)(H,5,6). The van der Waals surface area contributed by atoms with E-state index in [1.807, 2.05) is 18.2 Å². The molecular weight excluding hydrogens is 520 g/mol. The molecule has 3 rings (SSSR count). The lowest BCUT2D eigenvalue weighted by molar-refractivity contribution is -0.159. The van der Waals surface area contributed by atoms with Crippen molar-refractivity contribution in [2.45, 2.75) is 11.4 Å². The fraction of sp³-hybridized carbons (Fsp3) is 0.333. The number of carboxylic acids is 2. The highest BCUT2D eigenvalue weighted by Crippen LogP contribution is 2.26. The summed E-state index contributed by atoms with van der Waals surface area (Å²) < 4.78 is 38.4. The molecule has 1 fully saturated rings. The molecule has 2 N–H and O–H groups in total. The molecule has 1 aliphatic heterocycles. The van der Waals surface area contributed by atoms with E-state index in [2.05, 4.69) is 20.8 Å². The van der Waals surface area contributed by atoms with E-state index in [1.54, 1.807) is 42.8 Å². The zero-order valence-electron chi connectivity index (χ0n) is 18.1. The van der Waals surface area contributed by atoms with Gasteiger partial charge in [-0.05, 0) is 57.9 Å². The molecule has 0 spiro atoms. The minimum atomic E-state index is -3.47. The lowest BCUT2D eigenvalue weighted by Gasteiger charge is -2.34. The number of hydrogen-bond donors (Lipinski definition) is 2. The average molecular weight is 545 g/mol. The van der Waals surface area contributed by atoms with Crippen LogP contribution in [-0.4, -0.2) is 80.2 Å². The number of carbonyl (C=O) groups is 2. The summed E-state index contributed by atoms with van der Waals surface area (Å²) in [7, 11) is -0.271. The molecule has 0 saturated carbocycles. The van der Waals surface area contributed by atoms with Crippen molar-refractivity contribution in [3.63, 3.8) is 0 Å². The van der Waals surface area contributed by atoms with Gasteiger partial charge in [-0.15, -0.1) is 0 Å². The molecule has 0 aromatic heterocycles. The summed E-state index contributed by atoms with van der Waals surface area (Å²) in [5, 5.41) is 14.8. The highest BCUT2D eigenvalue weighted by molar-refractivity contribution is 9.10. The second-order valence-electron chi connectivity index (χ2n) is 6.93. The van der Waals surface area contributed by atoms with Gasteiger partial charge in [-0.25, -0.2) is 18.0 Å². The van der Waals surface area contributed by atoms with Crippen molar-refractivity contribution in [3.8, 4) is 11.5 Å². The summed E-state index contributed by atoms with van der Waals surface area (Å²) in [5.41, 5.74) is 1.16. The summed E-state index contributed by atoms with van der Waals surface area (Å²) in [6.07, 6.45) is 0. The number of halogens is 1. The third-order valence-corrected chi connectivity index (χ3v) is 7.37. The molecule has 180 valence electrons. The van der Waals surface area contributed by atoms with Crippen molar-refractivity contribution < 1.29 is 37.7 Å². The molecule has 0 aliphatic carbocycles. The Bertz CT molecular complexity index is 1060. The number of sulfonamides is 1. The van der Waals surface area contributed by atoms with Gasteiger partial charge < -0.3 is 19.7 Å². The van der Waals surface area contributed by atoms with E-state index in [0.29, 0.717) is 36.8 Å². The molecule has 1 aliphatic rings. The number of nitrogens with zero attached hydrogens (tertiary/aromatic N) is 2. The fourth-order valence-electron chi connectivity index (χ4n) is 3.09. The first-order valence-electron chi connectivity index (χ1n) is 9.73. The summed E-state index contributed by atoms with van der Waals surface area (Å²) in [4.78, 5) is 20.8. The molecule has 1 saturated heterocycles. The molecule has 0 radical (unpaired) electrons. The SMILES string of the molecule is COc1ccc(S(=O)(=O)N2CCN(Cc3ccc(OC)c(Br)c3)CC2)cc1.O=C(O)C(=O)O. The van der Waals surface area contributed by atoms with E-state index in [0.717, 1.165) is 22.3 Å². The van der Waals surface area contributed by atoms with Crippen LogP contribution in [0.15, 0.2) is 51.8 Å². The van der Waals surface area contributed by atoms with Gasteiger partial charge in [0.2, 0.25) is 10.0 Å². The Morgan fingerprint density at radius 1 is 0.939 bits per heavy atom. The first-order chi connectivity index (χ1) is 15.6. The smallest absolute Gasteiger partial charge is 0.414 e. The van der Waals surface area contributed by atoms with Gasteiger partial charge in [0.15, 0.2) is 0 Å². The van der Waals surface area contributed by atoms with E-state index in [-0.39, 0.29) is 0 Å². The normalized spacial score (nSPS) is 14.6. The molecule has 0 amide bonds. The van der Waals surface area contributed by atoms with Crippen molar-refractivity contribution in [2.75, 3.05) is 40.4 Å². The number of methoxy groups -OCH3 is 2. The van der Waals surface area contributed by atoms with Gasteiger partial charge >= 0.3 is 11.9 Å². The third-order valence-electron chi connectivity index (χ3n) is 4.83. The zero-order valence-corrected chi connectivity index (χ0v) is 20.5. The summed E-state index contributed by atoms with van der Waals surface area (Å²) in [6, 6.07) is 12.5. The maximum Gasteiger partial charge on any atom is 0.414 e. The lowest BCUT2D eigenvalue weighted by atomic mass is 10.2. The van der Waals surface area contributed by atoms with Crippen LogP contribution in [0.25, 0.3) is 0 Å². The quantitative estimate of drug-likeness (QED) is 0.524. The van der Waals surface area contributed by atoms with Gasteiger partial charge in [0, 0.05) is 32.7 Å². The number of benzene rings is 2. The summed E-state index contributed by atoms with van der Waals surface area (Å²) in [6.45, 7) is 3.12. The van der Waals surface area contributed by atoms with Crippen LogP contribution in [0.2, 0.25) is 0 Å². The van der Waals surface area contributed by atoms with Crippen LogP contribution in [-0.2, 0) is 26.2 Å². The van der Waals surface area contributed by atoms with Crippen molar-refractivity contribution in [1.82, 2.24) is 9.21 Å². The molecule has 0 unspecified atom stereocenters. The number of aliphatic carboxylic acids is 2. The number of hydrogen-bond acceptors (Lipinski definition) is 7. The number of rotatable bonds is 6. The van der Waals surface area contributed by atoms with Gasteiger partial charge in [-0.2, -0.15) is 4.31 Å². The molecule has 0 bridgehead atoms. The first-order valence-corrected chi connectivity index (χ1v) is 12.0. The van der Waals surface area contributed by atoms with Crippen molar-refractivity contribution in [3.05, 3.63) is 52.5 Å². The summed E-state index contributed by atoms with van der Waals surface area (Å²) in [5.74, 6) is -2.21. The van der Waals surface area contributed by atoms with Crippen molar-refractivity contribution in [2.24, 2.45) is 0 Å². The molecule has 1 heterocycles. The van der Waals surface area contributed by atoms with Crippen LogP contribution in [0.3, 0.4) is 0 Å². The first kappa shape index (κ1) is 26.6. The molecule has 12 heteroatoms. The Kier molecular flexibility index (Phi) is 9.65. The lowest BCUT2D eigenvalue weighted by Crippen LogP contribution is -2.48. The van der Waals surface area contributed by atoms with Gasteiger partial charge in [0.05, 0.1) is 23.6 Å². The Morgan fingerprint density at radius 2 is 1.52 bits per heavy atom. The van der Waals surface area contributed by atoms with Gasteiger partial charge in [-0.1, -0.05) is 6.07 Å². The van der Waals surface area contributed by atoms with E-state index < -0.39 is 22.0 Å². The largest absolute Gasteiger partial charge is 0.497 e. The zero-order chi connectivity index (χ0) is 24.6. The molecule has 10 nitrogen and oxygen atoms in total. The molecular formula is C21H25BrN2O8S. The minimum absolute atomic E-state index is 0.302. The van der Waals surface area contributed by atoms with Crippen molar-refractivity contribution >= 4 is 37.9 Å². The second kappa shape index (κ2) is 12.0. The second-order valence-corrected chi connectivity index (χ2v) is 9.73. The third kappa shape index (κ3) is 7.42. The van der Waals surface area contributed by atoms with Crippen LogP contribution in [0.1, 0.15) is 5.56 Å². The number of piperazine rings is 1. The highest BCUT2D eigenvalue weighted by atomic mass is 79.9. The number of ether oxygens (including phenoxy) is 2. The highest BCUT2D eigenvalue weighted by Gasteiger charge is 2.28. The molecule has 2 aromatic rings. The average Bonchev–Trinajstić information content (AvgIpc) is 2.80. The number of carboxylic acid groups (broad SMARTS) is 2. The Morgan fingerprint density at radius 3 is 1.97 bits per heavy atom. The molecule has 0 atom stereocenters. The Labute approximate surface area is 200 Å². The fourth-order valence-corrected chi connectivity index (χ4v) is 5.10. The van der Waals surface area contributed by atoms with Crippen molar-refractivity contribution in [1.29, 1.82) is 0 Å². The Hall–Kier alpha value is -2.67. The van der Waals surface area contributed by atoms with Gasteiger partial charge in [-0.3, -0.25) is 4.90 Å². The predicted octanol–water partition coefficient (Wildman–Crippen LogP) is 2.13. The van der Waals surface area contributed by atoms with Crippen LogP contribution < -0.4 is 9.47 Å². The van der Waals surface area contributed by atoms with Gasteiger partial charge in [0.1, 0.15) is 11.5 Å².